The first kappa shape index (κ1) is 10.5. The molecule has 2 aromatic rings. The Morgan fingerprint density at radius 1 is 0.824 bits per heavy atom. The van der Waals surface area contributed by atoms with Crippen molar-refractivity contribution in [3.8, 4) is 11.1 Å². The SMILES string of the molecule is OC1(c2ccc(-c3ccccc3)cc2)COC1. The summed E-state index contributed by atoms with van der Waals surface area (Å²) in [6.07, 6.45) is 0. The molecule has 2 heteroatoms. The molecule has 86 valence electrons. The topological polar surface area (TPSA) is 29.5 Å². The maximum Gasteiger partial charge on any atom is 0.136 e. The average Bonchev–Trinajstić information content (AvgIpc) is 2.37. The van der Waals surface area contributed by atoms with E-state index < -0.39 is 5.60 Å². The molecule has 3 rings (SSSR count). The normalized spacial score (nSPS) is 17.5. The highest BCUT2D eigenvalue weighted by molar-refractivity contribution is 5.63. The lowest BCUT2D eigenvalue weighted by Crippen LogP contribution is -2.46. The van der Waals surface area contributed by atoms with E-state index in [1.165, 1.54) is 5.56 Å². The highest BCUT2D eigenvalue weighted by Crippen LogP contribution is 2.30. The molecule has 1 aliphatic rings. The first-order chi connectivity index (χ1) is 8.28. The molecule has 1 aliphatic heterocycles. The van der Waals surface area contributed by atoms with Gasteiger partial charge in [0.1, 0.15) is 5.60 Å². The smallest absolute Gasteiger partial charge is 0.136 e. The summed E-state index contributed by atoms with van der Waals surface area (Å²) in [5.74, 6) is 0. The zero-order valence-corrected chi connectivity index (χ0v) is 9.47. The Bertz CT molecular complexity index is 498. The molecule has 1 N–H and O–H groups in total. The Kier molecular flexibility index (Phi) is 2.46. The van der Waals surface area contributed by atoms with Gasteiger partial charge in [-0.3, -0.25) is 0 Å². The Hall–Kier alpha value is -1.64. The van der Waals surface area contributed by atoms with Crippen LogP contribution in [0.2, 0.25) is 0 Å². The van der Waals surface area contributed by atoms with Crippen molar-refractivity contribution < 1.29 is 9.84 Å². The van der Waals surface area contributed by atoms with Gasteiger partial charge >= 0.3 is 0 Å². The van der Waals surface area contributed by atoms with Crippen LogP contribution in [-0.4, -0.2) is 18.3 Å². The Labute approximate surface area is 100 Å². The van der Waals surface area contributed by atoms with Crippen molar-refractivity contribution in [3.05, 3.63) is 60.2 Å². The van der Waals surface area contributed by atoms with Crippen molar-refractivity contribution in [2.45, 2.75) is 5.60 Å². The Morgan fingerprint density at radius 3 is 1.94 bits per heavy atom. The molecule has 1 saturated heterocycles. The van der Waals surface area contributed by atoms with Crippen LogP contribution in [0.5, 0.6) is 0 Å². The van der Waals surface area contributed by atoms with Crippen molar-refractivity contribution >= 4 is 0 Å². The van der Waals surface area contributed by atoms with Gasteiger partial charge in [0.05, 0.1) is 13.2 Å². The fourth-order valence-corrected chi connectivity index (χ4v) is 2.07. The van der Waals surface area contributed by atoms with Crippen LogP contribution < -0.4 is 0 Å². The molecule has 0 bridgehead atoms. The minimum atomic E-state index is -0.769. The van der Waals surface area contributed by atoms with Crippen molar-refractivity contribution in [1.29, 1.82) is 0 Å². The van der Waals surface area contributed by atoms with E-state index in [-0.39, 0.29) is 0 Å². The first-order valence-corrected chi connectivity index (χ1v) is 5.74. The van der Waals surface area contributed by atoms with E-state index in [1.54, 1.807) is 0 Å². The van der Waals surface area contributed by atoms with Crippen LogP contribution in [0.1, 0.15) is 5.56 Å². The molecule has 0 spiro atoms. The number of ether oxygens (including phenoxy) is 1. The first-order valence-electron chi connectivity index (χ1n) is 5.74. The van der Waals surface area contributed by atoms with E-state index >= 15 is 0 Å². The summed E-state index contributed by atoms with van der Waals surface area (Å²) in [4.78, 5) is 0. The maximum absolute atomic E-state index is 10.1. The molecule has 17 heavy (non-hydrogen) atoms. The predicted molar refractivity (Wildman–Crippen MR) is 66.6 cm³/mol. The third kappa shape index (κ3) is 1.86. The Morgan fingerprint density at radius 2 is 1.41 bits per heavy atom. The highest BCUT2D eigenvalue weighted by Gasteiger charge is 2.37. The minimum absolute atomic E-state index is 0.400. The second kappa shape index (κ2) is 3.99. The fourth-order valence-electron chi connectivity index (χ4n) is 2.07. The molecule has 0 saturated carbocycles. The van der Waals surface area contributed by atoms with Crippen molar-refractivity contribution in [2.75, 3.05) is 13.2 Å². The zero-order valence-electron chi connectivity index (χ0n) is 9.47. The lowest BCUT2D eigenvalue weighted by atomic mass is 9.91. The molecular weight excluding hydrogens is 212 g/mol. The van der Waals surface area contributed by atoms with Gasteiger partial charge in [-0.15, -0.1) is 0 Å². The summed E-state index contributed by atoms with van der Waals surface area (Å²) in [5.41, 5.74) is 2.52. The van der Waals surface area contributed by atoms with Gasteiger partial charge in [-0.1, -0.05) is 54.6 Å². The van der Waals surface area contributed by atoms with Crippen molar-refractivity contribution in [3.63, 3.8) is 0 Å². The summed E-state index contributed by atoms with van der Waals surface area (Å²) in [6.45, 7) is 0.801. The molecule has 1 fully saturated rings. The van der Waals surface area contributed by atoms with Gasteiger partial charge in [-0.25, -0.2) is 0 Å². The van der Waals surface area contributed by atoms with E-state index in [2.05, 4.69) is 12.1 Å². The summed E-state index contributed by atoms with van der Waals surface area (Å²) in [7, 11) is 0. The monoisotopic (exact) mass is 226 g/mol. The van der Waals surface area contributed by atoms with Crippen LogP contribution in [0.25, 0.3) is 11.1 Å². The van der Waals surface area contributed by atoms with Crippen molar-refractivity contribution in [2.24, 2.45) is 0 Å². The van der Waals surface area contributed by atoms with E-state index in [4.69, 9.17) is 4.74 Å². The summed E-state index contributed by atoms with van der Waals surface area (Å²) >= 11 is 0. The highest BCUT2D eigenvalue weighted by atomic mass is 16.5. The molecule has 1 heterocycles. The summed E-state index contributed by atoms with van der Waals surface area (Å²) in [5, 5.41) is 10.1. The summed E-state index contributed by atoms with van der Waals surface area (Å²) in [6, 6.07) is 18.3. The Balaban J connectivity index is 1.90. The van der Waals surface area contributed by atoms with Crippen LogP contribution >= 0.6 is 0 Å². The molecular formula is C15H14O2. The molecule has 2 nitrogen and oxygen atoms in total. The van der Waals surface area contributed by atoms with Gasteiger partial charge in [-0.2, -0.15) is 0 Å². The minimum Gasteiger partial charge on any atom is -0.380 e. The summed E-state index contributed by atoms with van der Waals surface area (Å²) < 4.78 is 5.06. The lowest BCUT2D eigenvalue weighted by molar-refractivity contribution is -0.184. The van der Waals surface area contributed by atoms with Crippen LogP contribution in [0.3, 0.4) is 0 Å². The van der Waals surface area contributed by atoms with Crippen LogP contribution in [0.15, 0.2) is 54.6 Å². The predicted octanol–water partition coefficient (Wildman–Crippen LogP) is 2.57. The van der Waals surface area contributed by atoms with Crippen LogP contribution in [0.4, 0.5) is 0 Å². The second-order valence-corrected chi connectivity index (χ2v) is 4.47. The average molecular weight is 226 g/mol. The lowest BCUT2D eigenvalue weighted by Gasteiger charge is -2.36. The molecule has 0 amide bonds. The number of hydrogen-bond donors (Lipinski definition) is 1. The molecule has 2 aromatic carbocycles. The van der Waals surface area contributed by atoms with Crippen LogP contribution in [0, 0.1) is 0 Å². The van der Waals surface area contributed by atoms with Gasteiger partial charge < -0.3 is 9.84 Å². The van der Waals surface area contributed by atoms with Gasteiger partial charge in [0, 0.05) is 0 Å². The van der Waals surface area contributed by atoms with E-state index in [9.17, 15) is 5.11 Å². The van der Waals surface area contributed by atoms with E-state index in [0.29, 0.717) is 13.2 Å². The van der Waals surface area contributed by atoms with Gasteiger partial charge in [0.2, 0.25) is 0 Å². The number of aliphatic hydroxyl groups is 1. The van der Waals surface area contributed by atoms with Crippen molar-refractivity contribution in [1.82, 2.24) is 0 Å². The molecule has 0 atom stereocenters. The maximum atomic E-state index is 10.1. The third-order valence-corrected chi connectivity index (χ3v) is 3.21. The zero-order chi connectivity index (χ0) is 11.7. The van der Waals surface area contributed by atoms with Gasteiger partial charge in [-0.05, 0) is 16.7 Å². The van der Waals surface area contributed by atoms with E-state index in [1.807, 2.05) is 42.5 Å². The molecule has 0 aliphatic carbocycles. The number of benzene rings is 2. The van der Waals surface area contributed by atoms with Crippen LogP contribution in [-0.2, 0) is 10.3 Å². The number of rotatable bonds is 2. The third-order valence-electron chi connectivity index (χ3n) is 3.21. The quantitative estimate of drug-likeness (QED) is 0.852. The van der Waals surface area contributed by atoms with Gasteiger partial charge in [0.25, 0.3) is 0 Å². The fraction of sp³-hybridized carbons (Fsp3) is 0.200. The number of hydrogen-bond acceptors (Lipinski definition) is 2. The second-order valence-electron chi connectivity index (χ2n) is 4.47. The molecule has 0 unspecified atom stereocenters. The molecule has 0 aromatic heterocycles. The largest absolute Gasteiger partial charge is 0.380 e. The van der Waals surface area contributed by atoms with Gasteiger partial charge in [0.15, 0.2) is 0 Å². The standard InChI is InChI=1S/C15H14O2/c16-15(10-17-11-15)14-8-6-13(7-9-14)12-4-2-1-3-5-12/h1-9,16H,10-11H2. The van der Waals surface area contributed by atoms with E-state index in [0.717, 1.165) is 11.1 Å². The molecule has 0 radical (unpaired) electrons.